The molecule has 0 spiro atoms. The molecule has 0 N–H and O–H groups in total. The standard InChI is InChI=1S/C21H31N2O3P/c1-4-25-27(24,26-5-2)15-6-8-19-10-14-23-12-7-11-22-13-9-18(3)16-20(22)21(23)17-19/h9-10,13-14,16-17H,4-8,11-12,15H2,1-3H3/q+2. The van der Waals surface area contributed by atoms with Gasteiger partial charge in [-0.1, -0.05) is 0 Å². The molecule has 2 aromatic heterocycles. The van der Waals surface area contributed by atoms with Gasteiger partial charge in [0, 0.05) is 24.3 Å². The predicted molar refractivity (Wildman–Crippen MR) is 106 cm³/mol. The van der Waals surface area contributed by atoms with E-state index in [4.69, 9.17) is 9.05 Å². The second-order valence-corrected chi connectivity index (χ2v) is 9.21. The quantitative estimate of drug-likeness (QED) is 0.508. The fraction of sp³-hybridized carbons (Fsp3) is 0.524. The molecule has 3 rings (SSSR count). The highest BCUT2D eigenvalue weighted by Crippen LogP contribution is 2.48. The summed E-state index contributed by atoms with van der Waals surface area (Å²) in [6.07, 6.45) is 7.62. The van der Waals surface area contributed by atoms with Crippen LogP contribution in [-0.2, 0) is 33.1 Å². The third-order valence-corrected chi connectivity index (χ3v) is 7.07. The van der Waals surface area contributed by atoms with Crippen LogP contribution in [0.3, 0.4) is 0 Å². The van der Waals surface area contributed by atoms with Gasteiger partial charge < -0.3 is 9.05 Å². The summed E-state index contributed by atoms with van der Waals surface area (Å²) in [6, 6.07) is 8.89. The van der Waals surface area contributed by atoms with Gasteiger partial charge in [0.2, 0.25) is 0 Å². The average molecular weight is 390 g/mol. The first kappa shape index (κ1) is 20.2. The first-order chi connectivity index (χ1) is 13.0. The molecule has 2 aromatic rings. The lowest BCUT2D eigenvalue weighted by Gasteiger charge is -2.16. The third kappa shape index (κ3) is 5.04. The summed E-state index contributed by atoms with van der Waals surface area (Å²) in [5, 5.41) is 0. The molecule has 1 aliphatic rings. The Morgan fingerprint density at radius 2 is 1.63 bits per heavy atom. The Kier molecular flexibility index (Phi) is 6.80. The van der Waals surface area contributed by atoms with Gasteiger partial charge in [0.05, 0.1) is 25.8 Å². The number of rotatable bonds is 8. The van der Waals surface area contributed by atoms with Gasteiger partial charge in [0.25, 0.3) is 11.4 Å². The monoisotopic (exact) mass is 390 g/mol. The Morgan fingerprint density at radius 1 is 1.00 bits per heavy atom. The highest BCUT2D eigenvalue weighted by atomic mass is 31.2. The highest BCUT2D eigenvalue weighted by Gasteiger charge is 2.27. The van der Waals surface area contributed by atoms with Crippen LogP contribution in [0.4, 0.5) is 0 Å². The molecule has 0 aliphatic carbocycles. The predicted octanol–water partition coefficient (Wildman–Crippen LogP) is 3.84. The van der Waals surface area contributed by atoms with Crippen LogP contribution in [0.1, 0.15) is 37.8 Å². The molecule has 5 nitrogen and oxygen atoms in total. The Labute approximate surface area is 162 Å². The van der Waals surface area contributed by atoms with Crippen LogP contribution in [0.25, 0.3) is 11.4 Å². The number of hydrogen-bond acceptors (Lipinski definition) is 3. The first-order valence-corrected chi connectivity index (χ1v) is 11.7. The normalized spacial score (nSPS) is 13.7. The molecule has 146 valence electrons. The number of nitrogens with zero attached hydrogens (tertiary/aromatic N) is 2. The maximum atomic E-state index is 12.6. The third-order valence-electron chi connectivity index (χ3n) is 4.90. The molecule has 0 radical (unpaired) electrons. The number of aryl methyl sites for hydroxylation is 4. The summed E-state index contributed by atoms with van der Waals surface area (Å²) in [5.41, 5.74) is 5.06. The second-order valence-electron chi connectivity index (χ2n) is 7.02. The molecule has 0 unspecified atom stereocenters. The summed E-state index contributed by atoms with van der Waals surface area (Å²) in [5.74, 6) is 0. The van der Waals surface area contributed by atoms with E-state index in [1.165, 1.54) is 22.5 Å². The van der Waals surface area contributed by atoms with Crippen LogP contribution in [0.5, 0.6) is 0 Å². The molecule has 27 heavy (non-hydrogen) atoms. The molecule has 3 heterocycles. The zero-order chi connectivity index (χ0) is 19.3. The van der Waals surface area contributed by atoms with E-state index >= 15 is 0 Å². The van der Waals surface area contributed by atoms with Crippen molar-refractivity contribution in [3.05, 3.63) is 47.8 Å². The van der Waals surface area contributed by atoms with Crippen LogP contribution in [-0.4, -0.2) is 19.4 Å². The lowest BCUT2D eigenvalue weighted by molar-refractivity contribution is -0.688. The van der Waals surface area contributed by atoms with E-state index in [0.29, 0.717) is 19.4 Å². The van der Waals surface area contributed by atoms with E-state index in [9.17, 15) is 4.57 Å². The van der Waals surface area contributed by atoms with E-state index in [1.807, 2.05) is 13.8 Å². The fourth-order valence-electron chi connectivity index (χ4n) is 3.64. The van der Waals surface area contributed by atoms with Crippen molar-refractivity contribution in [3.63, 3.8) is 0 Å². The Hall–Kier alpha value is -1.55. The van der Waals surface area contributed by atoms with Crippen molar-refractivity contribution in [2.75, 3.05) is 19.4 Å². The van der Waals surface area contributed by atoms with Gasteiger partial charge in [-0.15, -0.1) is 0 Å². The molecule has 0 amide bonds. The van der Waals surface area contributed by atoms with Gasteiger partial charge in [-0.3, -0.25) is 4.57 Å². The molecule has 0 saturated carbocycles. The Balaban J connectivity index is 1.77. The molecule has 0 aromatic carbocycles. The number of hydrogen-bond donors (Lipinski definition) is 0. The van der Waals surface area contributed by atoms with Gasteiger partial charge in [-0.2, -0.15) is 9.13 Å². The minimum atomic E-state index is -2.96. The number of aromatic nitrogens is 2. The molecule has 6 heteroatoms. The Bertz CT molecular complexity index is 828. The molecule has 0 bridgehead atoms. The van der Waals surface area contributed by atoms with E-state index in [1.54, 1.807) is 0 Å². The fourth-order valence-corrected chi connectivity index (χ4v) is 5.31. The van der Waals surface area contributed by atoms with Gasteiger partial charge in [0.1, 0.15) is 0 Å². The molecule has 0 fully saturated rings. The maximum absolute atomic E-state index is 12.6. The molecule has 1 aliphatic heterocycles. The van der Waals surface area contributed by atoms with Crippen LogP contribution >= 0.6 is 7.60 Å². The van der Waals surface area contributed by atoms with Gasteiger partial charge in [-0.25, -0.2) is 0 Å². The summed E-state index contributed by atoms with van der Waals surface area (Å²) in [7, 11) is -2.96. The number of fused-ring (bicyclic) bond motifs is 3. The maximum Gasteiger partial charge on any atom is 0.330 e. The van der Waals surface area contributed by atoms with Crippen molar-refractivity contribution < 1.29 is 22.7 Å². The number of pyridine rings is 2. The lowest BCUT2D eigenvalue weighted by atomic mass is 10.1. The van der Waals surface area contributed by atoms with Gasteiger partial charge >= 0.3 is 7.60 Å². The smallest absolute Gasteiger partial charge is 0.309 e. The first-order valence-electron chi connectivity index (χ1n) is 9.95. The molecular weight excluding hydrogens is 359 g/mol. The van der Waals surface area contributed by atoms with Crippen molar-refractivity contribution in [2.24, 2.45) is 0 Å². The van der Waals surface area contributed by atoms with Crippen LogP contribution < -0.4 is 9.13 Å². The molecule has 0 atom stereocenters. The van der Waals surface area contributed by atoms with E-state index < -0.39 is 7.60 Å². The van der Waals surface area contributed by atoms with Crippen molar-refractivity contribution in [1.82, 2.24) is 0 Å². The average Bonchev–Trinajstić information content (AvgIpc) is 2.81. The largest absolute Gasteiger partial charge is 0.330 e. The lowest BCUT2D eigenvalue weighted by Crippen LogP contribution is -2.37. The van der Waals surface area contributed by atoms with Crippen molar-refractivity contribution >= 4 is 7.60 Å². The van der Waals surface area contributed by atoms with Crippen molar-refractivity contribution in [1.29, 1.82) is 0 Å². The minimum Gasteiger partial charge on any atom is -0.309 e. The van der Waals surface area contributed by atoms with Gasteiger partial charge in [-0.05, 0) is 44.7 Å². The summed E-state index contributed by atoms with van der Waals surface area (Å²) < 4.78 is 28.1. The van der Waals surface area contributed by atoms with Crippen molar-refractivity contribution in [3.8, 4) is 11.4 Å². The van der Waals surface area contributed by atoms with E-state index in [-0.39, 0.29) is 0 Å². The topological polar surface area (TPSA) is 43.3 Å². The minimum absolute atomic E-state index is 0.417. The summed E-state index contributed by atoms with van der Waals surface area (Å²) in [6.45, 7) is 8.75. The second kappa shape index (κ2) is 9.09. The van der Waals surface area contributed by atoms with E-state index in [2.05, 4.69) is 52.7 Å². The van der Waals surface area contributed by atoms with Crippen LogP contribution in [0, 0.1) is 6.92 Å². The van der Waals surface area contributed by atoms with Crippen LogP contribution in [0.2, 0.25) is 0 Å². The molecule has 0 saturated heterocycles. The summed E-state index contributed by atoms with van der Waals surface area (Å²) in [4.78, 5) is 0. The molecular formula is C21H31N2O3P+2. The van der Waals surface area contributed by atoms with E-state index in [0.717, 1.165) is 32.4 Å². The zero-order valence-corrected chi connectivity index (χ0v) is 17.6. The SMILES string of the molecule is CCOP(=O)(CCCc1cc[n+]2c(c1)-c1cc(C)cc[n+]1CCC2)OCC. The Morgan fingerprint density at radius 3 is 2.30 bits per heavy atom. The van der Waals surface area contributed by atoms with Gasteiger partial charge in [0.15, 0.2) is 25.5 Å². The van der Waals surface area contributed by atoms with Crippen molar-refractivity contribution in [2.45, 2.75) is 53.1 Å². The summed E-state index contributed by atoms with van der Waals surface area (Å²) >= 11 is 0. The van der Waals surface area contributed by atoms with Crippen LogP contribution in [0.15, 0.2) is 36.7 Å². The zero-order valence-electron chi connectivity index (χ0n) is 16.7. The highest BCUT2D eigenvalue weighted by molar-refractivity contribution is 7.53.